The smallest absolute Gasteiger partial charge is 0.191 e. The molecule has 0 heterocycles. The Labute approximate surface area is 182 Å². The lowest BCUT2D eigenvalue weighted by Crippen LogP contribution is -2.20. The van der Waals surface area contributed by atoms with E-state index in [2.05, 4.69) is 0 Å². The van der Waals surface area contributed by atoms with Gasteiger partial charge in [0.05, 0.1) is 14.2 Å². The molecule has 0 spiro atoms. The quantitative estimate of drug-likeness (QED) is 0.305. The molecule has 154 valence electrons. The average molecular weight is 530 g/mol. The standard InChI is InChI=1S/C20H19IO7S/c1-27-18-7-4-13(11-16(18)23)3-6-15(22)20(21)29(25,26)10-9-14-5-8-19(28-2)17(24)12-14/h3-12,20,23-24H,1-2H3. The molecule has 0 aliphatic heterocycles. The Bertz CT molecular complexity index is 1060. The molecule has 0 amide bonds. The number of carbonyl (C=O) groups excluding carboxylic acids is 1. The molecule has 2 aromatic carbocycles. The Morgan fingerprint density at radius 1 is 0.966 bits per heavy atom. The summed E-state index contributed by atoms with van der Waals surface area (Å²) in [7, 11) is -1.06. The molecule has 0 fully saturated rings. The predicted molar refractivity (Wildman–Crippen MR) is 119 cm³/mol. The van der Waals surface area contributed by atoms with E-state index in [-0.39, 0.29) is 23.0 Å². The average Bonchev–Trinajstić information content (AvgIpc) is 2.70. The lowest BCUT2D eigenvalue weighted by atomic mass is 10.2. The van der Waals surface area contributed by atoms with Crippen molar-refractivity contribution in [3.63, 3.8) is 0 Å². The second-order valence-electron chi connectivity index (χ2n) is 5.81. The number of ether oxygens (including phenoxy) is 2. The van der Waals surface area contributed by atoms with Gasteiger partial charge in [-0.15, -0.1) is 0 Å². The third-order valence-electron chi connectivity index (χ3n) is 3.81. The summed E-state index contributed by atoms with van der Waals surface area (Å²) in [6.45, 7) is 0. The van der Waals surface area contributed by atoms with Crippen molar-refractivity contribution in [1.82, 2.24) is 0 Å². The van der Waals surface area contributed by atoms with Gasteiger partial charge in [0.2, 0.25) is 0 Å². The molecule has 0 aliphatic carbocycles. The van der Waals surface area contributed by atoms with Gasteiger partial charge in [-0.1, -0.05) is 40.8 Å². The Morgan fingerprint density at radius 3 is 1.90 bits per heavy atom. The van der Waals surface area contributed by atoms with Crippen LogP contribution in [0.3, 0.4) is 0 Å². The number of methoxy groups -OCH3 is 2. The van der Waals surface area contributed by atoms with E-state index in [1.807, 2.05) is 0 Å². The molecule has 0 saturated carbocycles. The molecule has 0 bridgehead atoms. The van der Waals surface area contributed by atoms with E-state index < -0.39 is 18.9 Å². The van der Waals surface area contributed by atoms with Crippen molar-refractivity contribution in [2.24, 2.45) is 0 Å². The number of aromatic hydroxyl groups is 2. The van der Waals surface area contributed by atoms with E-state index in [1.54, 1.807) is 34.7 Å². The topological polar surface area (TPSA) is 110 Å². The first-order valence-electron chi connectivity index (χ1n) is 8.20. The zero-order valence-electron chi connectivity index (χ0n) is 15.6. The number of ketones is 1. The molecule has 29 heavy (non-hydrogen) atoms. The first-order valence-corrected chi connectivity index (χ1v) is 11.1. The van der Waals surface area contributed by atoms with Crippen LogP contribution in [0.2, 0.25) is 0 Å². The molecule has 2 N–H and O–H groups in total. The van der Waals surface area contributed by atoms with Gasteiger partial charge >= 0.3 is 0 Å². The van der Waals surface area contributed by atoms with Gasteiger partial charge in [-0.05, 0) is 47.5 Å². The molecule has 2 aromatic rings. The van der Waals surface area contributed by atoms with Crippen LogP contribution in [0, 0.1) is 0 Å². The summed E-state index contributed by atoms with van der Waals surface area (Å²) in [6, 6.07) is 8.98. The van der Waals surface area contributed by atoms with Crippen molar-refractivity contribution in [3.05, 3.63) is 59.0 Å². The third kappa shape index (κ3) is 5.97. The number of alkyl halides is 1. The SMILES string of the molecule is COc1ccc(C=CC(=O)C(I)S(=O)(=O)C=Cc2ccc(OC)c(O)c2)cc1O. The summed E-state index contributed by atoms with van der Waals surface area (Å²) in [5.74, 6) is -0.284. The van der Waals surface area contributed by atoms with Crippen LogP contribution in [0.15, 0.2) is 47.9 Å². The zero-order chi connectivity index (χ0) is 21.6. The summed E-state index contributed by atoms with van der Waals surface area (Å²) >= 11 is 1.55. The maximum atomic E-state index is 12.4. The van der Waals surface area contributed by atoms with Gasteiger partial charge in [-0.2, -0.15) is 0 Å². The molecule has 7 nitrogen and oxygen atoms in total. The summed E-state index contributed by atoms with van der Waals surface area (Å²) in [4.78, 5) is 12.3. The van der Waals surface area contributed by atoms with Gasteiger partial charge in [0.15, 0.2) is 41.9 Å². The van der Waals surface area contributed by atoms with Crippen LogP contribution in [-0.2, 0) is 14.6 Å². The number of hydrogen-bond donors (Lipinski definition) is 2. The van der Waals surface area contributed by atoms with Gasteiger partial charge in [0.25, 0.3) is 0 Å². The molecular weight excluding hydrogens is 511 g/mol. The molecule has 0 aliphatic rings. The van der Waals surface area contributed by atoms with Gasteiger partial charge in [0, 0.05) is 5.41 Å². The van der Waals surface area contributed by atoms with Crippen LogP contribution in [-0.4, -0.2) is 41.9 Å². The Morgan fingerprint density at radius 2 is 1.45 bits per heavy atom. The fourth-order valence-corrected chi connectivity index (χ4v) is 3.88. The van der Waals surface area contributed by atoms with E-state index in [0.29, 0.717) is 11.1 Å². The molecule has 9 heteroatoms. The van der Waals surface area contributed by atoms with E-state index in [9.17, 15) is 23.4 Å². The number of allylic oxidation sites excluding steroid dienone is 1. The van der Waals surface area contributed by atoms with E-state index in [1.165, 1.54) is 50.6 Å². The van der Waals surface area contributed by atoms with Gasteiger partial charge in [-0.25, -0.2) is 8.42 Å². The van der Waals surface area contributed by atoms with Crippen molar-refractivity contribution < 1.29 is 32.9 Å². The lowest BCUT2D eigenvalue weighted by Gasteiger charge is -2.06. The van der Waals surface area contributed by atoms with E-state index in [0.717, 1.165) is 11.5 Å². The highest BCUT2D eigenvalue weighted by Crippen LogP contribution is 2.28. The Balaban J connectivity index is 2.12. The van der Waals surface area contributed by atoms with E-state index in [4.69, 9.17) is 9.47 Å². The number of hydrogen-bond acceptors (Lipinski definition) is 7. The highest BCUT2D eigenvalue weighted by molar-refractivity contribution is 14.1. The summed E-state index contributed by atoms with van der Waals surface area (Å²) in [5.41, 5.74) is 0.953. The van der Waals surface area contributed by atoms with Crippen molar-refractivity contribution in [2.45, 2.75) is 3.26 Å². The minimum atomic E-state index is -3.89. The van der Waals surface area contributed by atoms with Crippen LogP contribution in [0.4, 0.5) is 0 Å². The maximum absolute atomic E-state index is 12.4. The highest BCUT2D eigenvalue weighted by atomic mass is 127. The summed E-state index contributed by atoms with van der Waals surface area (Å²) in [6.07, 6.45) is 3.84. The largest absolute Gasteiger partial charge is 0.504 e. The molecule has 0 aromatic heterocycles. The maximum Gasteiger partial charge on any atom is 0.191 e. The molecule has 0 radical (unpaired) electrons. The second-order valence-corrected chi connectivity index (χ2v) is 9.82. The number of benzene rings is 2. The van der Waals surface area contributed by atoms with Crippen molar-refractivity contribution in [3.8, 4) is 23.0 Å². The minimum Gasteiger partial charge on any atom is -0.504 e. The number of halogens is 1. The number of rotatable bonds is 8. The number of phenolic OH excluding ortho intramolecular Hbond substituents is 2. The molecule has 0 saturated heterocycles. The number of sulfone groups is 1. The zero-order valence-corrected chi connectivity index (χ0v) is 18.5. The number of carbonyl (C=O) groups is 1. The first-order chi connectivity index (χ1) is 13.7. The first kappa shape index (κ1) is 22.8. The Hall–Kier alpha value is -2.53. The fourth-order valence-electron chi connectivity index (χ4n) is 2.28. The fraction of sp³-hybridized carbons (Fsp3) is 0.150. The molecule has 2 rings (SSSR count). The number of phenols is 2. The van der Waals surface area contributed by atoms with Crippen LogP contribution in [0.5, 0.6) is 23.0 Å². The van der Waals surface area contributed by atoms with Crippen LogP contribution in [0.25, 0.3) is 12.2 Å². The van der Waals surface area contributed by atoms with Crippen molar-refractivity contribution in [2.75, 3.05) is 14.2 Å². The van der Waals surface area contributed by atoms with Crippen LogP contribution >= 0.6 is 22.6 Å². The predicted octanol–water partition coefficient (Wildman–Crippen LogP) is 3.54. The molecular formula is C20H19IO7S. The van der Waals surface area contributed by atoms with Crippen LogP contribution < -0.4 is 9.47 Å². The van der Waals surface area contributed by atoms with Crippen LogP contribution in [0.1, 0.15) is 11.1 Å². The van der Waals surface area contributed by atoms with Gasteiger partial charge in [0.1, 0.15) is 0 Å². The third-order valence-corrected chi connectivity index (χ3v) is 7.87. The second kappa shape index (κ2) is 9.79. The highest BCUT2D eigenvalue weighted by Gasteiger charge is 2.25. The van der Waals surface area contributed by atoms with Gasteiger partial charge in [-0.3, -0.25) is 4.79 Å². The minimum absolute atomic E-state index is 0.0913. The van der Waals surface area contributed by atoms with Crippen molar-refractivity contribution in [1.29, 1.82) is 0 Å². The summed E-state index contributed by atoms with van der Waals surface area (Å²) in [5, 5.41) is 20.4. The van der Waals surface area contributed by atoms with E-state index >= 15 is 0 Å². The van der Waals surface area contributed by atoms with Gasteiger partial charge < -0.3 is 19.7 Å². The van der Waals surface area contributed by atoms with Crippen molar-refractivity contribution >= 4 is 50.4 Å². The molecule has 1 atom stereocenters. The monoisotopic (exact) mass is 530 g/mol. The normalized spacial score (nSPS) is 12.9. The lowest BCUT2D eigenvalue weighted by molar-refractivity contribution is -0.112. The summed E-state index contributed by atoms with van der Waals surface area (Å²) < 4.78 is 33.4. The Kier molecular flexibility index (Phi) is 7.68. The molecule has 1 unspecified atom stereocenters.